The van der Waals surface area contributed by atoms with Gasteiger partial charge in [-0.25, -0.2) is 21.6 Å². The van der Waals surface area contributed by atoms with Crippen molar-refractivity contribution in [1.29, 1.82) is 0 Å². The van der Waals surface area contributed by atoms with Gasteiger partial charge in [0.15, 0.2) is 0 Å². The third-order valence-electron chi connectivity index (χ3n) is 4.92. The Labute approximate surface area is 149 Å². The molecule has 1 aromatic rings. The predicted octanol–water partition coefficient (Wildman–Crippen LogP) is 0.374. The van der Waals surface area contributed by atoms with Crippen molar-refractivity contribution in [3.63, 3.8) is 0 Å². The zero-order valence-corrected chi connectivity index (χ0v) is 15.7. The summed E-state index contributed by atoms with van der Waals surface area (Å²) in [6.45, 7) is 0.946. The average molecular weight is 396 g/mol. The van der Waals surface area contributed by atoms with E-state index < -0.39 is 20.0 Å². The van der Waals surface area contributed by atoms with E-state index in [1.165, 1.54) is 35.6 Å². The maximum absolute atomic E-state index is 12.7. The van der Waals surface area contributed by atoms with Crippen LogP contribution in [0, 0.1) is 11.8 Å². The van der Waals surface area contributed by atoms with Crippen molar-refractivity contribution in [3.8, 4) is 0 Å². The number of sulfonamides is 2. The van der Waals surface area contributed by atoms with Gasteiger partial charge in [0, 0.05) is 19.1 Å². The summed E-state index contributed by atoms with van der Waals surface area (Å²) in [7, 11) is -5.87. The van der Waals surface area contributed by atoms with Gasteiger partial charge in [-0.3, -0.25) is 0 Å². The minimum atomic E-state index is -3.61. The molecule has 0 spiro atoms. The Morgan fingerprint density at radius 3 is 2.17 bits per heavy atom. The third kappa shape index (κ3) is 3.33. The molecule has 0 aromatic heterocycles. The van der Waals surface area contributed by atoms with E-state index in [1.54, 1.807) is 0 Å². The van der Waals surface area contributed by atoms with Gasteiger partial charge < -0.3 is 5.73 Å². The molecule has 3 atom stereocenters. The van der Waals surface area contributed by atoms with E-state index in [0.717, 1.165) is 12.8 Å². The molecule has 1 saturated carbocycles. The molecule has 1 aromatic carbocycles. The highest BCUT2D eigenvalue weighted by atomic mass is 35.5. The molecular weight excluding hydrogens is 374 g/mol. The Morgan fingerprint density at radius 1 is 1.04 bits per heavy atom. The van der Waals surface area contributed by atoms with Gasteiger partial charge in [-0.15, -0.1) is 12.4 Å². The summed E-state index contributed by atoms with van der Waals surface area (Å²) < 4.78 is 52.5. The first-order valence-electron chi connectivity index (χ1n) is 7.55. The van der Waals surface area contributed by atoms with Gasteiger partial charge in [-0.05, 0) is 56.0 Å². The maximum Gasteiger partial charge on any atom is 0.243 e. The van der Waals surface area contributed by atoms with Crippen molar-refractivity contribution < 1.29 is 16.8 Å². The topological polar surface area (TPSA) is 110 Å². The number of hydrogen-bond acceptors (Lipinski definition) is 5. The molecule has 10 heteroatoms. The van der Waals surface area contributed by atoms with Gasteiger partial charge in [-0.2, -0.15) is 4.31 Å². The molecular formula is C14H22ClN3O4S2. The van der Waals surface area contributed by atoms with Crippen LogP contribution in [-0.2, 0) is 20.0 Å². The van der Waals surface area contributed by atoms with Gasteiger partial charge in [0.2, 0.25) is 20.0 Å². The second-order valence-corrected chi connectivity index (χ2v) is 9.99. The number of nitrogens with one attached hydrogen (secondary N) is 1. The second-order valence-electron chi connectivity index (χ2n) is 6.17. The van der Waals surface area contributed by atoms with Crippen LogP contribution < -0.4 is 10.5 Å². The molecule has 136 valence electrons. The monoisotopic (exact) mass is 395 g/mol. The fourth-order valence-electron chi connectivity index (χ4n) is 3.52. The van der Waals surface area contributed by atoms with Gasteiger partial charge >= 0.3 is 0 Å². The molecule has 0 radical (unpaired) electrons. The van der Waals surface area contributed by atoms with Gasteiger partial charge in [-0.1, -0.05) is 0 Å². The average Bonchev–Trinajstić information content (AvgIpc) is 3.10. The van der Waals surface area contributed by atoms with E-state index in [9.17, 15) is 16.8 Å². The lowest BCUT2D eigenvalue weighted by Crippen LogP contribution is -2.33. The Bertz CT molecular complexity index is 796. The van der Waals surface area contributed by atoms with Crippen LogP contribution in [0.25, 0.3) is 0 Å². The van der Waals surface area contributed by atoms with Gasteiger partial charge in [0.1, 0.15) is 0 Å². The lowest BCUT2D eigenvalue weighted by molar-refractivity contribution is 0.427. The van der Waals surface area contributed by atoms with Crippen LogP contribution in [0.15, 0.2) is 34.1 Å². The maximum atomic E-state index is 12.7. The minimum absolute atomic E-state index is 0. The normalized spacial score (nSPS) is 27.7. The Morgan fingerprint density at radius 2 is 1.62 bits per heavy atom. The summed E-state index contributed by atoms with van der Waals surface area (Å²) in [4.78, 5) is 0.153. The second kappa shape index (κ2) is 6.89. The smallest absolute Gasteiger partial charge is 0.243 e. The Kier molecular flexibility index (Phi) is 5.63. The van der Waals surface area contributed by atoms with Crippen molar-refractivity contribution >= 4 is 32.5 Å². The summed E-state index contributed by atoms with van der Waals surface area (Å²) in [5.74, 6) is 0.567. The predicted molar refractivity (Wildman–Crippen MR) is 92.9 cm³/mol. The third-order valence-corrected chi connectivity index (χ3v) is 8.20. The Balaban J connectivity index is 0.00000208. The van der Waals surface area contributed by atoms with Crippen molar-refractivity contribution in [2.24, 2.45) is 17.6 Å². The molecule has 1 saturated heterocycles. The lowest BCUT2D eigenvalue weighted by Gasteiger charge is -2.18. The van der Waals surface area contributed by atoms with E-state index >= 15 is 0 Å². The molecule has 1 heterocycles. The molecule has 7 nitrogen and oxygen atoms in total. The zero-order valence-electron chi connectivity index (χ0n) is 13.3. The highest BCUT2D eigenvalue weighted by Crippen LogP contribution is 2.39. The summed E-state index contributed by atoms with van der Waals surface area (Å²) in [5.41, 5.74) is 6.05. The molecule has 1 aliphatic heterocycles. The van der Waals surface area contributed by atoms with Crippen LogP contribution in [0.2, 0.25) is 0 Å². The summed E-state index contributed by atoms with van der Waals surface area (Å²) in [6, 6.07) is 5.37. The quantitative estimate of drug-likeness (QED) is 0.765. The molecule has 0 amide bonds. The fraction of sp³-hybridized carbons (Fsp3) is 0.571. The minimum Gasteiger partial charge on any atom is -0.327 e. The van der Waals surface area contributed by atoms with Crippen molar-refractivity contribution in [2.45, 2.75) is 28.7 Å². The summed E-state index contributed by atoms with van der Waals surface area (Å²) >= 11 is 0. The number of halogens is 1. The molecule has 24 heavy (non-hydrogen) atoms. The molecule has 3 N–H and O–H groups in total. The molecule has 0 bridgehead atoms. The number of hydrogen-bond donors (Lipinski definition) is 2. The summed E-state index contributed by atoms with van der Waals surface area (Å²) in [6.07, 6.45) is 1.93. The van der Waals surface area contributed by atoms with Crippen LogP contribution in [0.5, 0.6) is 0 Å². The number of fused-ring (bicyclic) bond motifs is 1. The van der Waals surface area contributed by atoms with Crippen LogP contribution in [0.4, 0.5) is 0 Å². The lowest BCUT2D eigenvalue weighted by atomic mass is 9.98. The standard InChI is InChI=1S/C14H21N3O4S2.ClH/c1-16-22(18,19)11-3-5-12(6-4-11)23(20,21)17-8-10-2-7-14(15)13(10)9-17;/h3-6,10,13-14,16H,2,7-9,15H2,1H3;1H. The van der Waals surface area contributed by atoms with E-state index in [1.807, 2.05) is 0 Å². The fourth-order valence-corrected chi connectivity index (χ4v) is 5.78. The van der Waals surface area contributed by atoms with Crippen molar-refractivity contribution in [2.75, 3.05) is 20.1 Å². The molecule has 1 aliphatic carbocycles. The SMILES string of the molecule is CNS(=O)(=O)c1ccc(S(=O)(=O)N2CC3CCC(N)C3C2)cc1.Cl. The van der Waals surface area contributed by atoms with Crippen LogP contribution in [-0.4, -0.2) is 47.3 Å². The first-order chi connectivity index (χ1) is 10.8. The van der Waals surface area contributed by atoms with Crippen molar-refractivity contribution in [3.05, 3.63) is 24.3 Å². The van der Waals surface area contributed by atoms with Crippen LogP contribution in [0.3, 0.4) is 0 Å². The number of nitrogens with zero attached hydrogens (tertiary/aromatic N) is 1. The van der Waals surface area contributed by atoms with Crippen molar-refractivity contribution in [1.82, 2.24) is 9.03 Å². The van der Waals surface area contributed by atoms with E-state index in [0.29, 0.717) is 19.0 Å². The van der Waals surface area contributed by atoms with Gasteiger partial charge in [0.05, 0.1) is 9.79 Å². The number of rotatable bonds is 4. The van der Waals surface area contributed by atoms with E-state index in [2.05, 4.69) is 4.72 Å². The largest absolute Gasteiger partial charge is 0.327 e. The molecule has 2 fully saturated rings. The van der Waals surface area contributed by atoms with Gasteiger partial charge in [0.25, 0.3) is 0 Å². The van der Waals surface area contributed by atoms with E-state index in [4.69, 9.17) is 5.73 Å². The van der Waals surface area contributed by atoms with Crippen LogP contribution >= 0.6 is 12.4 Å². The molecule has 2 aliphatic rings. The summed E-state index contributed by atoms with van der Waals surface area (Å²) in [5, 5.41) is 0. The molecule has 3 rings (SSSR count). The van der Waals surface area contributed by atoms with E-state index in [-0.39, 0.29) is 34.2 Å². The number of benzene rings is 1. The Hall–Kier alpha value is -0.710. The first kappa shape index (κ1) is 19.6. The highest BCUT2D eigenvalue weighted by molar-refractivity contribution is 7.89. The highest BCUT2D eigenvalue weighted by Gasteiger charge is 2.45. The first-order valence-corrected chi connectivity index (χ1v) is 10.5. The number of nitrogens with two attached hydrogens (primary N) is 1. The zero-order chi connectivity index (χ0) is 16.8. The molecule has 3 unspecified atom stereocenters. The van der Waals surface area contributed by atoms with Crippen LogP contribution in [0.1, 0.15) is 12.8 Å².